The van der Waals surface area contributed by atoms with E-state index in [0.29, 0.717) is 17.9 Å². The second-order valence-electron chi connectivity index (χ2n) is 4.70. The summed E-state index contributed by atoms with van der Waals surface area (Å²) in [4.78, 5) is 21.9. The molecular formula is C14H15NO4. The van der Waals surface area contributed by atoms with Crippen molar-refractivity contribution in [3.63, 3.8) is 0 Å². The van der Waals surface area contributed by atoms with E-state index in [1.165, 1.54) is 19.2 Å². The Morgan fingerprint density at radius 3 is 2.42 bits per heavy atom. The number of hydrogen-bond donors (Lipinski definition) is 0. The molecule has 0 N–H and O–H groups in total. The van der Waals surface area contributed by atoms with E-state index in [1.54, 1.807) is 12.1 Å². The highest BCUT2D eigenvalue weighted by molar-refractivity contribution is 5.90. The number of nitrogens with zero attached hydrogens (tertiary/aromatic N) is 1. The minimum absolute atomic E-state index is 0.0517. The summed E-state index contributed by atoms with van der Waals surface area (Å²) in [5.41, 5.74) is 2.74. The molecule has 1 aromatic carbocycles. The number of allylic oxidation sites excluding steroid dienone is 1. The van der Waals surface area contributed by atoms with Gasteiger partial charge >= 0.3 is 5.97 Å². The van der Waals surface area contributed by atoms with Crippen LogP contribution in [0.4, 0.5) is 5.69 Å². The maximum Gasteiger partial charge on any atom is 0.334 e. The van der Waals surface area contributed by atoms with Crippen molar-refractivity contribution < 1.29 is 14.5 Å². The fraction of sp³-hybridized carbons (Fsp3) is 0.357. The van der Waals surface area contributed by atoms with E-state index in [-0.39, 0.29) is 11.7 Å². The van der Waals surface area contributed by atoms with Crippen molar-refractivity contribution in [3.8, 4) is 0 Å². The Hall–Kier alpha value is -2.17. The molecule has 2 rings (SSSR count). The lowest BCUT2D eigenvalue weighted by atomic mass is 10.0. The topological polar surface area (TPSA) is 69.4 Å². The van der Waals surface area contributed by atoms with Crippen molar-refractivity contribution in [2.45, 2.75) is 19.8 Å². The first-order chi connectivity index (χ1) is 9.02. The molecule has 0 spiro atoms. The van der Waals surface area contributed by atoms with Gasteiger partial charge in [0.25, 0.3) is 5.69 Å². The molecule has 0 heterocycles. The molecule has 0 saturated heterocycles. The highest BCUT2D eigenvalue weighted by Gasteiger charge is 2.31. The van der Waals surface area contributed by atoms with Gasteiger partial charge in [-0.25, -0.2) is 4.79 Å². The van der Waals surface area contributed by atoms with Crippen LogP contribution in [0.3, 0.4) is 0 Å². The number of esters is 1. The van der Waals surface area contributed by atoms with Gasteiger partial charge in [0.2, 0.25) is 0 Å². The second-order valence-corrected chi connectivity index (χ2v) is 4.70. The molecule has 1 aliphatic rings. The monoisotopic (exact) mass is 261 g/mol. The third-order valence-corrected chi connectivity index (χ3v) is 3.31. The van der Waals surface area contributed by atoms with Gasteiger partial charge in [-0.3, -0.25) is 10.1 Å². The van der Waals surface area contributed by atoms with E-state index < -0.39 is 4.92 Å². The first-order valence-electron chi connectivity index (χ1n) is 6.06. The standard InChI is InChI=1S/C14H15NO4/c1-9-7-12(9)13(14(16)19-2)8-10-3-5-11(6-4-10)15(17)18/h3-6,9H,7-8H2,1-2H3/b13-12+/t9-/m1/s1. The number of nitro groups is 1. The first kappa shape index (κ1) is 13.3. The quantitative estimate of drug-likeness (QED) is 0.361. The van der Waals surface area contributed by atoms with Gasteiger partial charge in [0.15, 0.2) is 0 Å². The predicted octanol–water partition coefficient (Wildman–Crippen LogP) is 2.65. The Balaban J connectivity index is 2.19. The van der Waals surface area contributed by atoms with Crippen LogP contribution >= 0.6 is 0 Å². The maximum atomic E-state index is 11.7. The Morgan fingerprint density at radius 2 is 2.00 bits per heavy atom. The van der Waals surface area contributed by atoms with E-state index in [4.69, 9.17) is 4.74 Å². The predicted molar refractivity (Wildman–Crippen MR) is 69.6 cm³/mol. The Morgan fingerprint density at radius 1 is 1.42 bits per heavy atom. The zero-order valence-electron chi connectivity index (χ0n) is 10.9. The van der Waals surface area contributed by atoms with Crippen molar-refractivity contribution in [3.05, 3.63) is 51.1 Å². The Kier molecular flexibility index (Phi) is 3.64. The summed E-state index contributed by atoms with van der Waals surface area (Å²) < 4.78 is 4.79. The van der Waals surface area contributed by atoms with Crippen LogP contribution < -0.4 is 0 Å². The molecular weight excluding hydrogens is 246 g/mol. The summed E-state index contributed by atoms with van der Waals surface area (Å²) in [5, 5.41) is 10.6. The number of carbonyl (C=O) groups is 1. The first-order valence-corrected chi connectivity index (χ1v) is 6.06. The summed E-state index contributed by atoms with van der Waals surface area (Å²) in [6.45, 7) is 2.06. The molecule has 1 saturated carbocycles. The highest BCUT2D eigenvalue weighted by Crippen LogP contribution is 2.40. The zero-order chi connectivity index (χ0) is 14.0. The molecule has 0 amide bonds. The number of methoxy groups -OCH3 is 1. The molecule has 0 unspecified atom stereocenters. The average Bonchev–Trinajstić information content (AvgIpc) is 3.12. The average molecular weight is 261 g/mol. The summed E-state index contributed by atoms with van der Waals surface area (Å²) in [5.74, 6) is 0.129. The zero-order valence-corrected chi connectivity index (χ0v) is 10.9. The lowest BCUT2D eigenvalue weighted by Gasteiger charge is -2.05. The molecule has 5 nitrogen and oxygen atoms in total. The van der Waals surface area contributed by atoms with Gasteiger partial charge in [0.1, 0.15) is 0 Å². The number of carbonyl (C=O) groups excluding carboxylic acids is 1. The van der Waals surface area contributed by atoms with Crippen LogP contribution in [0.2, 0.25) is 0 Å². The van der Waals surface area contributed by atoms with E-state index >= 15 is 0 Å². The van der Waals surface area contributed by atoms with Crippen LogP contribution in [0.25, 0.3) is 0 Å². The van der Waals surface area contributed by atoms with Gasteiger partial charge in [0.05, 0.1) is 12.0 Å². The maximum absolute atomic E-state index is 11.7. The summed E-state index contributed by atoms with van der Waals surface area (Å²) >= 11 is 0. The number of non-ortho nitro benzene ring substituents is 1. The van der Waals surface area contributed by atoms with Crippen LogP contribution in [-0.4, -0.2) is 18.0 Å². The molecule has 19 heavy (non-hydrogen) atoms. The molecule has 1 aromatic rings. The third-order valence-electron chi connectivity index (χ3n) is 3.31. The Labute approximate surface area is 111 Å². The number of rotatable bonds is 4. The smallest absolute Gasteiger partial charge is 0.334 e. The van der Waals surface area contributed by atoms with Crippen LogP contribution in [0.1, 0.15) is 18.9 Å². The van der Waals surface area contributed by atoms with Gasteiger partial charge < -0.3 is 4.74 Å². The van der Waals surface area contributed by atoms with Crippen LogP contribution in [-0.2, 0) is 16.0 Å². The summed E-state index contributed by atoms with van der Waals surface area (Å²) in [6.07, 6.45) is 1.39. The lowest BCUT2D eigenvalue weighted by Crippen LogP contribution is -2.08. The molecule has 5 heteroatoms. The van der Waals surface area contributed by atoms with E-state index in [1.807, 2.05) is 0 Å². The minimum Gasteiger partial charge on any atom is -0.466 e. The SMILES string of the molecule is COC(=O)/C(Cc1ccc([N+](=O)[O-])cc1)=C1\C[C@H]1C. The molecule has 0 aromatic heterocycles. The fourth-order valence-corrected chi connectivity index (χ4v) is 2.07. The number of nitro benzene ring substituents is 1. The van der Waals surface area contributed by atoms with Crippen LogP contribution in [0.5, 0.6) is 0 Å². The normalized spacial score (nSPS) is 19.8. The van der Waals surface area contributed by atoms with E-state index in [9.17, 15) is 14.9 Å². The molecule has 0 bridgehead atoms. The molecule has 0 aliphatic heterocycles. The van der Waals surface area contributed by atoms with Crippen molar-refractivity contribution in [2.75, 3.05) is 7.11 Å². The van der Waals surface area contributed by atoms with Gasteiger partial charge in [-0.2, -0.15) is 0 Å². The van der Waals surface area contributed by atoms with E-state index in [0.717, 1.165) is 17.6 Å². The lowest BCUT2D eigenvalue weighted by molar-refractivity contribution is -0.384. The molecule has 1 aliphatic carbocycles. The minimum atomic E-state index is -0.438. The molecule has 0 radical (unpaired) electrons. The van der Waals surface area contributed by atoms with Crippen LogP contribution in [0.15, 0.2) is 35.4 Å². The molecule has 100 valence electrons. The summed E-state index contributed by atoms with van der Waals surface area (Å²) in [7, 11) is 1.37. The van der Waals surface area contributed by atoms with Crippen molar-refractivity contribution in [2.24, 2.45) is 5.92 Å². The molecule has 1 atom stereocenters. The number of benzene rings is 1. The van der Waals surface area contributed by atoms with Gasteiger partial charge in [0, 0.05) is 24.1 Å². The number of hydrogen-bond acceptors (Lipinski definition) is 4. The highest BCUT2D eigenvalue weighted by atomic mass is 16.6. The van der Waals surface area contributed by atoms with E-state index in [2.05, 4.69) is 6.92 Å². The van der Waals surface area contributed by atoms with Gasteiger partial charge in [-0.05, 0) is 17.9 Å². The van der Waals surface area contributed by atoms with Crippen molar-refractivity contribution in [1.82, 2.24) is 0 Å². The second kappa shape index (κ2) is 5.22. The fourth-order valence-electron chi connectivity index (χ4n) is 2.07. The third kappa shape index (κ3) is 2.99. The van der Waals surface area contributed by atoms with Crippen LogP contribution in [0, 0.1) is 16.0 Å². The van der Waals surface area contributed by atoms with Gasteiger partial charge in [-0.15, -0.1) is 0 Å². The summed E-state index contributed by atoms with van der Waals surface area (Å²) in [6, 6.07) is 6.25. The van der Waals surface area contributed by atoms with Crippen molar-refractivity contribution in [1.29, 1.82) is 0 Å². The van der Waals surface area contributed by atoms with Gasteiger partial charge in [-0.1, -0.05) is 24.6 Å². The molecule has 1 fully saturated rings. The number of ether oxygens (including phenoxy) is 1. The Bertz CT molecular complexity index is 545. The largest absolute Gasteiger partial charge is 0.466 e. The van der Waals surface area contributed by atoms with Crippen molar-refractivity contribution >= 4 is 11.7 Å².